The number of nitrogens with zero attached hydrogens (tertiary/aromatic N) is 2. The maximum atomic E-state index is 13.3. The van der Waals surface area contributed by atoms with Gasteiger partial charge in [-0.3, -0.25) is 0 Å². The maximum absolute atomic E-state index is 13.3. The van der Waals surface area contributed by atoms with Gasteiger partial charge in [0, 0.05) is 16.7 Å². The number of aromatic nitrogens is 2. The summed E-state index contributed by atoms with van der Waals surface area (Å²) < 4.78 is 19.1. The van der Waals surface area contributed by atoms with Crippen LogP contribution < -0.4 is 5.73 Å². The van der Waals surface area contributed by atoms with Crippen LogP contribution in [0, 0.1) is 5.82 Å². The topological polar surface area (TPSA) is 85.2 Å². The minimum atomic E-state index is -0.538. The first kappa shape index (κ1) is 15.9. The maximum Gasteiger partial charge on any atom is 0.248 e. The Hall–Kier alpha value is -2.57. The molecular formula is C19H18FN3O2. The lowest BCUT2D eigenvalue weighted by Gasteiger charge is -2.33. The molecule has 1 atom stereocenters. The molecule has 0 saturated carbocycles. The van der Waals surface area contributed by atoms with Crippen molar-refractivity contribution in [3.05, 3.63) is 59.4 Å². The molecule has 0 fully saturated rings. The number of hydrogen-bond acceptors (Lipinski definition) is 5. The number of fused-ring (bicyclic) bond motifs is 1. The molecule has 0 aliphatic heterocycles. The van der Waals surface area contributed by atoms with Gasteiger partial charge < -0.3 is 15.3 Å². The summed E-state index contributed by atoms with van der Waals surface area (Å²) in [6.45, 7) is -0.0190. The second-order valence-electron chi connectivity index (χ2n) is 6.60. The first-order valence-electron chi connectivity index (χ1n) is 8.18. The van der Waals surface area contributed by atoms with Gasteiger partial charge in [0.25, 0.3) is 0 Å². The van der Waals surface area contributed by atoms with Gasteiger partial charge in [0.2, 0.25) is 11.8 Å². The summed E-state index contributed by atoms with van der Waals surface area (Å²) in [5.41, 5.74) is 9.33. The van der Waals surface area contributed by atoms with Crippen LogP contribution in [0.4, 0.5) is 4.39 Å². The Kier molecular flexibility index (Phi) is 3.86. The summed E-state index contributed by atoms with van der Waals surface area (Å²) in [4.78, 5) is 0. The molecule has 1 aliphatic carbocycles. The van der Waals surface area contributed by atoms with Crippen LogP contribution in [-0.4, -0.2) is 27.4 Å². The molecule has 1 aromatic heterocycles. The second kappa shape index (κ2) is 6.06. The number of aliphatic hydroxyl groups is 1. The highest BCUT2D eigenvalue weighted by molar-refractivity contribution is 5.59. The Bertz CT molecular complexity index is 925. The highest BCUT2D eigenvalue weighted by Gasteiger charge is 2.30. The van der Waals surface area contributed by atoms with E-state index in [9.17, 15) is 9.50 Å². The summed E-state index contributed by atoms with van der Waals surface area (Å²) in [6, 6.07) is 12.0. The van der Waals surface area contributed by atoms with E-state index < -0.39 is 5.54 Å². The number of halogens is 1. The molecular weight excluding hydrogens is 321 g/mol. The zero-order valence-electron chi connectivity index (χ0n) is 13.6. The van der Waals surface area contributed by atoms with Crippen LogP contribution in [-0.2, 0) is 12.8 Å². The van der Waals surface area contributed by atoms with Crippen molar-refractivity contribution in [2.24, 2.45) is 5.73 Å². The van der Waals surface area contributed by atoms with Crippen LogP contribution in [0.5, 0.6) is 0 Å². The van der Waals surface area contributed by atoms with Crippen molar-refractivity contribution >= 4 is 0 Å². The Morgan fingerprint density at radius 3 is 2.56 bits per heavy atom. The van der Waals surface area contributed by atoms with Gasteiger partial charge in [-0.2, -0.15) is 0 Å². The minimum Gasteiger partial charge on any atom is -0.416 e. The number of nitrogens with two attached hydrogens (primary N) is 1. The van der Waals surface area contributed by atoms with E-state index >= 15 is 0 Å². The van der Waals surface area contributed by atoms with Crippen molar-refractivity contribution < 1.29 is 13.9 Å². The Labute approximate surface area is 144 Å². The molecule has 1 aliphatic rings. The van der Waals surface area contributed by atoms with Crippen molar-refractivity contribution in [3.63, 3.8) is 0 Å². The van der Waals surface area contributed by atoms with E-state index in [1.807, 2.05) is 18.2 Å². The van der Waals surface area contributed by atoms with Gasteiger partial charge in [-0.25, -0.2) is 4.39 Å². The first-order valence-corrected chi connectivity index (χ1v) is 8.18. The summed E-state index contributed by atoms with van der Waals surface area (Å²) in [5.74, 6) is 0.336. The number of rotatable bonds is 3. The molecule has 0 spiro atoms. The average Bonchev–Trinajstić information content (AvgIpc) is 3.11. The predicted molar refractivity (Wildman–Crippen MR) is 91.2 cm³/mol. The molecule has 3 N–H and O–H groups in total. The molecule has 3 aromatic rings. The SMILES string of the molecule is NC1(CO)CCc2cc(-c3nnc(-c4cccc(F)c4)o3)ccc2C1. The number of benzene rings is 2. The summed E-state index contributed by atoms with van der Waals surface area (Å²) in [7, 11) is 0. The zero-order valence-corrected chi connectivity index (χ0v) is 13.6. The molecule has 0 radical (unpaired) electrons. The lowest BCUT2D eigenvalue weighted by molar-refractivity contribution is 0.181. The third-order valence-corrected chi connectivity index (χ3v) is 4.70. The molecule has 1 heterocycles. The van der Waals surface area contributed by atoms with Crippen LogP contribution in [0.3, 0.4) is 0 Å². The standard InChI is InChI=1S/C19H18FN3O2/c20-16-3-1-2-13(9-16)17-22-23-18(25-17)14-4-5-15-10-19(21,11-24)7-6-12(15)8-14/h1-5,8-9,24H,6-7,10-11,21H2. The third-order valence-electron chi connectivity index (χ3n) is 4.70. The smallest absolute Gasteiger partial charge is 0.248 e. The molecule has 2 aromatic carbocycles. The average molecular weight is 339 g/mol. The second-order valence-corrected chi connectivity index (χ2v) is 6.60. The monoisotopic (exact) mass is 339 g/mol. The Morgan fingerprint density at radius 2 is 1.84 bits per heavy atom. The summed E-state index contributed by atoms with van der Waals surface area (Å²) in [5, 5.41) is 17.6. The van der Waals surface area contributed by atoms with Crippen LogP contribution in [0.2, 0.25) is 0 Å². The van der Waals surface area contributed by atoms with Gasteiger partial charge in [-0.1, -0.05) is 12.1 Å². The van der Waals surface area contributed by atoms with Crippen LogP contribution in [0.25, 0.3) is 22.9 Å². The molecule has 5 nitrogen and oxygen atoms in total. The number of aliphatic hydroxyl groups excluding tert-OH is 1. The summed E-state index contributed by atoms with van der Waals surface area (Å²) in [6.07, 6.45) is 2.18. The van der Waals surface area contributed by atoms with Crippen molar-refractivity contribution in [1.82, 2.24) is 10.2 Å². The number of hydrogen-bond donors (Lipinski definition) is 2. The Balaban J connectivity index is 1.64. The quantitative estimate of drug-likeness (QED) is 0.766. The molecule has 0 saturated heterocycles. The van der Waals surface area contributed by atoms with Gasteiger partial charge >= 0.3 is 0 Å². The highest BCUT2D eigenvalue weighted by Crippen LogP contribution is 2.31. The van der Waals surface area contributed by atoms with E-state index in [1.54, 1.807) is 12.1 Å². The summed E-state index contributed by atoms with van der Waals surface area (Å²) >= 11 is 0. The molecule has 6 heteroatoms. The van der Waals surface area contributed by atoms with Gasteiger partial charge in [0.05, 0.1) is 6.61 Å². The fourth-order valence-electron chi connectivity index (χ4n) is 3.23. The molecule has 128 valence electrons. The number of aryl methyl sites for hydroxylation is 1. The van der Waals surface area contributed by atoms with Gasteiger partial charge in [0.1, 0.15) is 5.82 Å². The van der Waals surface area contributed by atoms with Gasteiger partial charge in [-0.15, -0.1) is 10.2 Å². The van der Waals surface area contributed by atoms with Gasteiger partial charge in [-0.05, 0) is 60.7 Å². The molecule has 25 heavy (non-hydrogen) atoms. The van der Waals surface area contributed by atoms with E-state index in [0.717, 1.165) is 24.0 Å². The van der Waals surface area contributed by atoms with Crippen molar-refractivity contribution in [2.75, 3.05) is 6.61 Å². The first-order chi connectivity index (χ1) is 12.1. The van der Waals surface area contributed by atoms with Crippen LogP contribution in [0.15, 0.2) is 46.9 Å². The van der Waals surface area contributed by atoms with E-state index in [0.29, 0.717) is 17.9 Å². The Morgan fingerprint density at radius 1 is 1.08 bits per heavy atom. The van der Waals surface area contributed by atoms with E-state index in [2.05, 4.69) is 10.2 Å². The van der Waals surface area contributed by atoms with Crippen LogP contribution >= 0.6 is 0 Å². The van der Waals surface area contributed by atoms with E-state index in [-0.39, 0.29) is 18.3 Å². The highest BCUT2D eigenvalue weighted by atomic mass is 19.1. The lowest BCUT2D eigenvalue weighted by Crippen LogP contribution is -2.48. The molecule has 0 amide bonds. The fraction of sp³-hybridized carbons (Fsp3) is 0.263. The normalized spacial score (nSPS) is 19.6. The lowest BCUT2D eigenvalue weighted by atomic mass is 9.78. The van der Waals surface area contributed by atoms with Crippen LogP contribution in [0.1, 0.15) is 17.5 Å². The molecule has 0 bridgehead atoms. The molecule has 1 unspecified atom stereocenters. The molecule has 4 rings (SSSR count). The van der Waals surface area contributed by atoms with E-state index in [4.69, 9.17) is 10.2 Å². The zero-order chi connectivity index (χ0) is 17.4. The minimum absolute atomic E-state index is 0.0190. The van der Waals surface area contributed by atoms with Gasteiger partial charge in [0.15, 0.2) is 0 Å². The van der Waals surface area contributed by atoms with Crippen molar-refractivity contribution in [1.29, 1.82) is 0 Å². The largest absolute Gasteiger partial charge is 0.416 e. The van der Waals surface area contributed by atoms with Crippen molar-refractivity contribution in [2.45, 2.75) is 24.8 Å². The van der Waals surface area contributed by atoms with Crippen molar-refractivity contribution in [3.8, 4) is 22.9 Å². The fourth-order valence-corrected chi connectivity index (χ4v) is 3.23. The van der Waals surface area contributed by atoms with E-state index in [1.165, 1.54) is 17.7 Å². The third kappa shape index (κ3) is 3.06. The predicted octanol–water partition coefficient (Wildman–Crippen LogP) is 2.72.